The molecule has 1 unspecified atom stereocenters. The Kier molecular flexibility index (Phi) is 6.52. The van der Waals surface area contributed by atoms with E-state index in [2.05, 4.69) is 20.6 Å². The van der Waals surface area contributed by atoms with Gasteiger partial charge in [0.25, 0.3) is 0 Å². The molecule has 0 saturated heterocycles. The number of nitrogens with zero attached hydrogens (tertiary/aromatic N) is 6. The minimum absolute atomic E-state index is 0.211. The monoisotopic (exact) mass is 452 g/mol. The van der Waals surface area contributed by atoms with Gasteiger partial charge in [-0.05, 0) is 52.3 Å². The van der Waals surface area contributed by atoms with E-state index in [0.717, 1.165) is 27.3 Å². The summed E-state index contributed by atoms with van der Waals surface area (Å²) < 4.78 is 20.7. The van der Waals surface area contributed by atoms with Crippen LogP contribution in [0, 0.1) is 6.92 Å². The van der Waals surface area contributed by atoms with Gasteiger partial charge in [0.1, 0.15) is 12.4 Å². The van der Waals surface area contributed by atoms with Crippen LogP contribution in [0.5, 0.6) is 0 Å². The van der Waals surface area contributed by atoms with E-state index < -0.39 is 11.2 Å². The summed E-state index contributed by atoms with van der Waals surface area (Å²) >= 11 is -1.01. The van der Waals surface area contributed by atoms with Gasteiger partial charge >= 0.3 is 5.69 Å². The molecule has 2 heterocycles. The fourth-order valence-electron chi connectivity index (χ4n) is 3.45. The molecule has 1 aliphatic rings. The van der Waals surface area contributed by atoms with Crippen molar-refractivity contribution in [1.82, 2.24) is 19.8 Å². The van der Waals surface area contributed by atoms with Crippen molar-refractivity contribution in [3.05, 3.63) is 69.6 Å². The van der Waals surface area contributed by atoms with Crippen LogP contribution in [0.4, 0.5) is 0 Å². The molecular formula is C22H24N6O3S. The predicted molar refractivity (Wildman–Crippen MR) is 123 cm³/mol. The zero-order valence-electron chi connectivity index (χ0n) is 18.2. The zero-order valence-corrected chi connectivity index (χ0v) is 19.0. The summed E-state index contributed by atoms with van der Waals surface area (Å²) in [5, 5.41) is 16.5. The van der Waals surface area contributed by atoms with Gasteiger partial charge in [0.2, 0.25) is 5.90 Å². The maximum Gasteiger partial charge on any atom is 0.368 e. The van der Waals surface area contributed by atoms with Crippen LogP contribution in [0.2, 0.25) is 0 Å². The summed E-state index contributed by atoms with van der Waals surface area (Å²) in [6, 6.07) is 13.2. The van der Waals surface area contributed by atoms with Crippen LogP contribution in [0.1, 0.15) is 36.5 Å². The second-order valence-corrected chi connectivity index (χ2v) is 8.89. The number of fused-ring (bicyclic) bond motifs is 1. The first kappa shape index (κ1) is 22.0. The van der Waals surface area contributed by atoms with Gasteiger partial charge in [-0.15, -0.1) is 5.10 Å². The van der Waals surface area contributed by atoms with Gasteiger partial charge in [-0.1, -0.05) is 31.2 Å². The third kappa shape index (κ3) is 4.37. The van der Waals surface area contributed by atoms with Crippen LogP contribution in [0.25, 0.3) is 5.69 Å². The maximum absolute atomic E-state index is 12.3. The average Bonchev–Trinajstić information content (AvgIpc) is 3.14. The van der Waals surface area contributed by atoms with E-state index in [9.17, 15) is 9.35 Å². The summed E-state index contributed by atoms with van der Waals surface area (Å²) in [6.07, 6.45) is 1.15. The van der Waals surface area contributed by atoms with Gasteiger partial charge < -0.3 is 9.29 Å². The molecular weight excluding hydrogens is 428 g/mol. The molecule has 10 heteroatoms. The number of benzene rings is 2. The molecule has 0 aliphatic carbocycles. The fraction of sp³-hybridized carbons (Fsp3) is 0.318. The lowest BCUT2D eigenvalue weighted by atomic mass is 10.1. The highest BCUT2D eigenvalue weighted by Gasteiger charge is 2.26. The van der Waals surface area contributed by atoms with Crippen LogP contribution in [0.15, 0.2) is 62.4 Å². The molecule has 0 fully saturated rings. The van der Waals surface area contributed by atoms with E-state index in [1.165, 1.54) is 9.36 Å². The molecule has 0 amide bonds. The molecule has 0 spiro atoms. The molecule has 3 aromatic rings. The number of ether oxygens (including phenoxy) is 1. The van der Waals surface area contributed by atoms with Gasteiger partial charge in [-0.2, -0.15) is 14.5 Å². The fourth-order valence-corrected chi connectivity index (χ4v) is 4.71. The van der Waals surface area contributed by atoms with Crippen molar-refractivity contribution >= 4 is 22.8 Å². The van der Waals surface area contributed by atoms with Gasteiger partial charge in [-0.3, -0.25) is 0 Å². The molecule has 1 aliphatic heterocycles. The highest BCUT2D eigenvalue weighted by Crippen LogP contribution is 2.25. The topological polar surface area (TPSA) is 110 Å². The number of tetrazole rings is 1. The van der Waals surface area contributed by atoms with Gasteiger partial charge in [-0.25, -0.2) is 4.79 Å². The van der Waals surface area contributed by atoms with Crippen LogP contribution < -0.4 is 5.69 Å². The van der Waals surface area contributed by atoms with Crippen LogP contribution in [0.3, 0.4) is 0 Å². The van der Waals surface area contributed by atoms with E-state index in [1.807, 2.05) is 56.3 Å². The third-order valence-corrected chi connectivity index (χ3v) is 6.69. The second-order valence-electron chi connectivity index (χ2n) is 7.35. The van der Waals surface area contributed by atoms with Crippen molar-refractivity contribution in [1.29, 1.82) is 0 Å². The van der Waals surface area contributed by atoms with Crippen molar-refractivity contribution in [3.63, 3.8) is 0 Å². The van der Waals surface area contributed by atoms with E-state index in [0.29, 0.717) is 30.2 Å². The lowest BCUT2D eigenvalue weighted by Crippen LogP contribution is -2.23. The number of hydrogen-bond donors (Lipinski definition) is 0. The molecule has 1 aromatic heterocycles. The molecule has 0 radical (unpaired) electrons. The molecule has 2 aromatic carbocycles. The number of hydrogen-bond acceptors (Lipinski definition) is 7. The molecule has 0 N–H and O–H groups in total. The Morgan fingerprint density at radius 2 is 2.03 bits per heavy atom. The summed E-state index contributed by atoms with van der Waals surface area (Å²) in [5.41, 5.74) is 3.75. The van der Waals surface area contributed by atoms with Crippen LogP contribution in [-0.2, 0) is 29.6 Å². The first-order valence-electron chi connectivity index (χ1n) is 10.3. The van der Waals surface area contributed by atoms with E-state index in [4.69, 9.17) is 4.74 Å². The second kappa shape index (κ2) is 9.49. The maximum atomic E-state index is 12.3. The summed E-state index contributed by atoms with van der Waals surface area (Å²) in [4.78, 5) is 13.1. The van der Waals surface area contributed by atoms with Crippen molar-refractivity contribution < 1.29 is 9.29 Å². The highest BCUT2D eigenvalue weighted by molar-refractivity contribution is 7.91. The Balaban J connectivity index is 1.58. The molecule has 32 heavy (non-hydrogen) atoms. The first-order valence-corrected chi connectivity index (χ1v) is 11.6. The summed E-state index contributed by atoms with van der Waals surface area (Å²) in [6.45, 7) is 4.10. The van der Waals surface area contributed by atoms with E-state index in [1.54, 1.807) is 7.05 Å². The smallest absolute Gasteiger partial charge is 0.368 e. The number of aromatic nitrogens is 4. The molecule has 0 saturated carbocycles. The lowest BCUT2D eigenvalue weighted by Gasteiger charge is -2.19. The first-order chi connectivity index (χ1) is 15.5. The normalized spacial score (nSPS) is 17.4. The van der Waals surface area contributed by atoms with Crippen LogP contribution in [-0.4, -0.2) is 41.7 Å². The highest BCUT2D eigenvalue weighted by atomic mass is 32.2. The minimum atomic E-state index is -1.01. The summed E-state index contributed by atoms with van der Waals surface area (Å²) in [7, 11) is 1.55. The van der Waals surface area contributed by atoms with Crippen molar-refractivity contribution in [2.75, 3.05) is 5.75 Å². The molecule has 0 bridgehead atoms. The standard InChI is InChI=1S/C22H24N6O3S/c1-4-21(24-23-18-12-13-32(30)20-11-6-5-9-16(18)20)31-14-17-15(2)8-7-10-19(17)28-22(29)27(3)25-26-28/h5-11H,4,12-14H2,1-3H3/b23-18-,24-21-. The largest absolute Gasteiger partial charge is 0.611 e. The Morgan fingerprint density at radius 3 is 2.78 bits per heavy atom. The third-order valence-electron chi connectivity index (χ3n) is 5.27. The quantitative estimate of drug-likeness (QED) is 0.256. The van der Waals surface area contributed by atoms with E-state index in [-0.39, 0.29) is 12.3 Å². The lowest BCUT2D eigenvalue weighted by molar-refractivity contribution is 0.282. The molecule has 1 atom stereocenters. The van der Waals surface area contributed by atoms with Gasteiger partial charge in [0.15, 0.2) is 4.90 Å². The van der Waals surface area contributed by atoms with Gasteiger partial charge in [0, 0.05) is 25.5 Å². The van der Waals surface area contributed by atoms with Crippen molar-refractivity contribution in [3.8, 4) is 5.69 Å². The van der Waals surface area contributed by atoms with Crippen molar-refractivity contribution in [2.45, 2.75) is 38.2 Å². The minimum Gasteiger partial charge on any atom is -0.611 e. The Labute approximate surface area is 188 Å². The Morgan fingerprint density at radius 1 is 1.22 bits per heavy atom. The number of aryl methyl sites for hydroxylation is 2. The SMILES string of the molecule is CC/C(=N/N=C1/CC[S+]([O-])c2ccccc21)OCc1c(C)cccc1-n1nnn(C)c1=O. The van der Waals surface area contributed by atoms with Crippen molar-refractivity contribution in [2.24, 2.45) is 17.3 Å². The van der Waals surface area contributed by atoms with Crippen LogP contribution >= 0.6 is 0 Å². The molecule has 4 rings (SSSR count). The average molecular weight is 453 g/mol. The predicted octanol–water partition coefficient (Wildman–Crippen LogP) is 2.52. The van der Waals surface area contributed by atoms with Gasteiger partial charge in [0.05, 0.1) is 17.0 Å². The zero-order chi connectivity index (χ0) is 22.7. The molecule has 166 valence electrons. The van der Waals surface area contributed by atoms with E-state index >= 15 is 0 Å². The summed E-state index contributed by atoms with van der Waals surface area (Å²) in [5.74, 6) is 1.01. The Hall–Kier alpha value is -3.24. The molecule has 9 nitrogen and oxygen atoms in total. The number of rotatable bonds is 5. The Bertz CT molecular complexity index is 1250.